The zero-order valence-electron chi connectivity index (χ0n) is 19.6. The van der Waals surface area contributed by atoms with E-state index in [2.05, 4.69) is 9.97 Å². The van der Waals surface area contributed by atoms with Crippen LogP contribution in [0.2, 0.25) is 0 Å². The van der Waals surface area contributed by atoms with Crippen LogP contribution in [-0.2, 0) is 36.0 Å². The third kappa shape index (κ3) is 7.18. The van der Waals surface area contributed by atoms with E-state index in [9.17, 15) is 13.5 Å². The topological polar surface area (TPSA) is 96.3 Å². The van der Waals surface area contributed by atoms with Crippen LogP contribution in [0.25, 0.3) is 11.3 Å². The number of phenols is 1. The lowest BCUT2D eigenvalue weighted by Crippen LogP contribution is -2.29. The van der Waals surface area contributed by atoms with Crippen molar-refractivity contribution in [3.05, 3.63) is 108 Å². The number of aromatic hydroxyl groups is 1. The summed E-state index contributed by atoms with van der Waals surface area (Å²) < 4.78 is 26.3. The molecule has 0 bridgehead atoms. The average Bonchev–Trinajstić information content (AvgIpc) is 2.85. The van der Waals surface area contributed by atoms with Crippen LogP contribution in [-0.4, -0.2) is 39.0 Å². The molecule has 0 aliphatic heterocycles. The van der Waals surface area contributed by atoms with Crippen LogP contribution in [0.4, 0.5) is 0 Å². The predicted molar refractivity (Wildman–Crippen MR) is 136 cm³/mol. The van der Waals surface area contributed by atoms with E-state index in [1.165, 1.54) is 10.6 Å². The molecule has 0 unspecified atom stereocenters. The van der Waals surface area contributed by atoms with Gasteiger partial charge in [-0.1, -0.05) is 36.4 Å². The molecule has 0 atom stereocenters. The second-order valence-electron chi connectivity index (χ2n) is 8.47. The van der Waals surface area contributed by atoms with Gasteiger partial charge in [0.05, 0.1) is 11.9 Å². The van der Waals surface area contributed by atoms with Crippen molar-refractivity contribution < 1.29 is 13.5 Å². The molecule has 0 saturated carbocycles. The predicted octanol–water partition coefficient (Wildman–Crippen LogP) is 4.38. The molecule has 180 valence electrons. The first-order chi connectivity index (χ1) is 16.9. The number of pyridine rings is 1. The number of benzene rings is 2. The van der Waals surface area contributed by atoms with E-state index in [1.54, 1.807) is 36.8 Å². The van der Waals surface area contributed by atoms with Crippen LogP contribution >= 0.6 is 0 Å². The van der Waals surface area contributed by atoms with Crippen LogP contribution in [0.1, 0.15) is 28.9 Å². The molecule has 0 aliphatic carbocycles. The minimum atomic E-state index is -3.42. The molecule has 4 aromatic rings. The van der Waals surface area contributed by atoms with E-state index in [1.807, 2.05) is 48.5 Å². The van der Waals surface area contributed by atoms with Crippen LogP contribution in [0, 0.1) is 0 Å². The number of sulfonamides is 1. The lowest BCUT2D eigenvalue weighted by atomic mass is 10.1. The van der Waals surface area contributed by atoms with E-state index in [0.29, 0.717) is 0 Å². The zero-order valence-corrected chi connectivity index (χ0v) is 20.4. The molecule has 0 saturated heterocycles. The fourth-order valence-electron chi connectivity index (χ4n) is 3.81. The molecule has 2 heterocycles. The van der Waals surface area contributed by atoms with Crippen LogP contribution in [0.15, 0.2) is 85.3 Å². The highest BCUT2D eigenvalue weighted by molar-refractivity contribution is 7.88. The number of phenolic OH excluding ortho intramolecular Hbond substituents is 1. The maximum atomic E-state index is 12.4. The molecule has 1 N–H and O–H groups in total. The largest absolute Gasteiger partial charge is 0.508 e. The summed E-state index contributed by atoms with van der Waals surface area (Å²) in [5, 5.41) is 9.42. The van der Waals surface area contributed by atoms with Gasteiger partial charge in [0, 0.05) is 43.7 Å². The smallest absolute Gasteiger partial charge is 0.211 e. The first-order valence-corrected chi connectivity index (χ1v) is 13.2. The molecule has 4 rings (SSSR count). The summed E-state index contributed by atoms with van der Waals surface area (Å²) in [5.74, 6) is 1.03. The fraction of sp³-hybridized carbons (Fsp3) is 0.222. The van der Waals surface area contributed by atoms with Crippen molar-refractivity contribution in [2.45, 2.75) is 32.4 Å². The Hall–Kier alpha value is -3.62. The SMILES string of the molecule is CS(=O)(=O)N(Cc1cccnc1)Cc1cccc(-c2ccnc(CCCc3ccc(O)cc3)n2)c1. The van der Waals surface area contributed by atoms with Gasteiger partial charge >= 0.3 is 0 Å². The Balaban J connectivity index is 1.45. The van der Waals surface area contributed by atoms with Gasteiger partial charge in [0.2, 0.25) is 10.0 Å². The second-order valence-corrected chi connectivity index (χ2v) is 10.5. The molecule has 0 fully saturated rings. The molecule has 0 spiro atoms. The molecule has 7 nitrogen and oxygen atoms in total. The van der Waals surface area contributed by atoms with Gasteiger partial charge in [-0.15, -0.1) is 0 Å². The standard InChI is InChI=1S/C27H28N4O3S/c1-35(33,34)31(20-23-7-4-15-28-18-23)19-22-6-2-8-24(17-22)26-14-16-29-27(30-26)9-3-5-21-10-12-25(32)13-11-21/h2,4,6-8,10-18,32H,3,5,9,19-20H2,1H3. The Bertz CT molecular complexity index is 1360. The number of rotatable bonds is 10. The van der Waals surface area contributed by atoms with E-state index < -0.39 is 10.0 Å². The Kier molecular flexibility index (Phi) is 7.84. The molecular weight excluding hydrogens is 460 g/mol. The maximum absolute atomic E-state index is 12.4. The molecular formula is C27H28N4O3S. The van der Waals surface area contributed by atoms with Gasteiger partial charge in [0.15, 0.2) is 0 Å². The Morgan fingerprint density at radius 1 is 0.857 bits per heavy atom. The second kappa shape index (κ2) is 11.2. The van der Waals surface area contributed by atoms with E-state index in [4.69, 9.17) is 4.98 Å². The third-order valence-electron chi connectivity index (χ3n) is 5.64. The van der Waals surface area contributed by atoms with Gasteiger partial charge in [0.25, 0.3) is 0 Å². The molecule has 0 aliphatic rings. The highest BCUT2D eigenvalue weighted by atomic mass is 32.2. The number of aromatic nitrogens is 3. The molecule has 2 aromatic carbocycles. The van der Waals surface area contributed by atoms with Crippen molar-refractivity contribution in [2.24, 2.45) is 0 Å². The van der Waals surface area contributed by atoms with Crippen molar-refractivity contribution in [2.75, 3.05) is 6.26 Å². The zero-order chi connectivity index (χ0) is 24.7. The number of hydrogen-bond acceptors (Lipinski definition) is 6. The summed E-state index contributed by atoms with van der Waals surface area (Å²) in [6.07, 6.45) is 8.84. The van der Waals surface area contributed by atoms with Gasteiger partial charge in [-0.3, -0.25) is 4.98 Å². The molecule has 35 heavy (non-hydrogen) atoms. The Morgan fingerprint density at radius 2 is 1.63 bits per heavy atom. The average molecular weight is 489 g/mol. The number of aryl methyl sites for hydroxylation is 2. The van der Waals surface area contributed by atoms with E-state index in [-0.39, 0.29) is 18.8 Å². The Morgan fingerprint density at radius 3 is 2.37 bits per heavy atom. The fourth-order valence-corrected chi connectivity index (χ4v) is 4.58. The molecule has 0 radical (unpaired) electrons. The minimum absolute atomic E-state index is 0.256. The number of nitrogens with zero attached hydrogens (tertiary/aromatic N) is 4. The number of hydrogen-bond donors (Lipinski definition) is 1. The van der Waals surface area contributed by atoms with Crippen molar-refractivity contribution >= 4 is 10.0 Å². The monoisotopic (exact) mass is 488 g/mol. The van der Waals surface area contributed by atoms with Gasteiger partial charge in [-0.25, -0.2) is 18.4 Å². The third-order valence-corrected chi connectivity index (χ3v) is 6.84. The maximum Gasteiger partial charge on any atom is 0.211 e. The van der Waals surface area contributed by atoms with Gasteiger partial charge in [0.1, 0.15) is 11.6 Å². The highest BCUT2D eigenvalue weighted by Gasteiger charge is 2.18. The summed E-state index contributed by atoms with van der Waals surface area (Å²) in [4.78, 5) is 13.2. The quantitative estimate of drug-likeness (QED) is 0.356. The molecule has 0 amide bonds. The van der Waals surface area contributed by atoms with Crippen molar-refractivity contribution in [1.29, 1.82) is 0 Å². The van der Waals surface area contributed by atoms with Crippen LogP contribution < -0.4 is 0 Å². The van der Waals surface area contributed by atoms with Crippen molar-refractivity contribution in [1.82, 2.24) is 19.3 Å². The lowest BCUT2D eigenvalue weighted by molar-refractivity contribution is 0.404. The van der Waals surface area contributed by atoms with Gasteiger partial charge < -0.3 is 5.11 Å². The first kappa shape index (κ1) is 24.5. The van der Waals surface area contributed by atoms with Crippen molar-refractivity contribution in [3.63, 3.8) is 0 Å². The first-order valence-electron chi connectivity index (χ1n) is 11.4. The van der Waals surface area contributed by atoms with Gasteiger partial charge in [-0.2, -0.15) is 4.31 Å². The summed E-state index contributed by atoms with van der Waals surface area (Å²) in [6, 6.07) is 20.6. The molecule has 2 aromatic heterocycles. The normalized spacial score (nSPS) is 11.6. The summed E-state index contributed by atoms with van der Waals surface area (Å²) in [6.45, 7) is 0.516. The lowest BCUT2D eigenvalue weighted by Gasteiger charge is -2.20. The van der Waals surface area contributed by atoms with E-state index >= 15 is 0 Å². The Labute approximate surface area is 206 Å². The summed E-state index contributed by atoms with van der Waals surface area (Å²) in [7, 11) is -3.42. The molecule has 8 heteroatoms. The van der Waals surface area contributed by atoms with Crippen LogP contribution in [0.3, 0.4) is 0 Å². The van der Waals surface area contributed by atoms with Gasteiger partial charge in [-0.05, 0) is 59.9 Å². The summed E-state index contributed by atoms with van der Waals surface area (Å²) in [5.41, 5.74) is 4.60. The summed E-state index contributed by atoms with van der Waals surface area (Å²) >= 11 is 0. The van der Waals surface area contributed by atoms with Crippen molar-refractivity contribution in [3.8, 4) is 17.0 Å². The van der Waals surface area contributed by atoms with Crippen LogP contribution in [0.5, 0.6) is 5.75 Å². The highest BCUT2D eigenvalue weighted by Crippen LogP contribution is 2.21. The minimum Gasteiger partial charge on any atom is -0.508 e. The van der Waals surface area contributed by atoms with E-state index in [0.717, 1.165) is 53.0 Å².